The first-order chi connectivity index (χ1) is 17.2. The molecule has 1 aliphatic heterocycles. The fourth-order valence-electron chi connectivity index (χ4n) is 4.39. The molecule has 1 amide bonds. The number of likely N-dealkylation sites (tertiary alicyclic amines) is 1. The van der Waals surface area contributed by atoms with E-state index < -0.39 is 0 Å². The summed E-state index contributed by atoms with van der Waals surface area (Å²) >= 11 is 0. The van der Waals surface area contributed by atoms with Crippen molar-refractivity contribution in [2.24, 2.45) is 11.0 Å². The van der Waals surface area contributed by atoms with Gasteiger partial charge >= 0.3 is 0 Å². The Morgan fingerprint density at radius 2 is 1.77 bits per heavy atom. The van der Waals surface area contributed by atoms with Crippen LogP contribution in [0.1, 0.15) is 39.9 Å². The maximum Gasteiger partial charge on any atom is 0.271 e. The highest BCUT2D eigenvalue weighted by molar-refractivity contribution is 5.94. The minimum Gasteiger partial charge on any atom is -0.490 e. The monoisotopic (exact) mass is 467 g/mol. The van der Waals surface area contributed by atoms with Crippen LogP contribution in [0.5, 0.6) is 5.75 Å². The second-order valence-electron chi connectivity index (χ2n) is 8.98. The zero-order chi connectivity index (χ0) is 24.3. The number of piperidine rings is 1. The summed E-state index contributed by atoms with van der Waals surface area (Å²) < 4.78 is 5.52. The predicted octanol–water partition coefficient (Wildman–Crippen LogP) is 5.47. The lowest BCUT2D eigenvalue weighted by atomic mass is 9.90. The maximum atomic E-state index is 12.5. The topological polar surface area (TPSA) is 53.9 Å². The van der Waals surface area contributed by atoms with Crippen LogP contribution in [0.25, 0.3) is 0 Å². The lowest BCUT2D eigenvalue weighted by molar-refractivity contribution is 0.0955. The van der Waals surface area contributed by atoms with E-state index in [-0.39, 0.29) is 5.91 Å². The second-order valence-corrected chi connectivity index (χ2v) is 8.98. The minimum atomic E-state index is -0.228. The van der Waals surface area contributed by atoms with Gasteiger partial charge in [0.2, 0.25) is 0 Å². The van der Waals surface area contributed by atoms with Gasteiger partial charge in [-0.1, -0.05) is 67.3 Å². The lowest BCUT2D eigenvalue weighted by Crippen LogP contribution is -2.33. The molecule has 0 bridgehead atoms. The fourth-order valence-corrected chi connectivity index (χ4v) is 4.39. The molecule has 1 heterocycles. The molecule has 5 heteroatoms. The summed E-state index contributed by atoms with van der Waals surface area (Å²) in [5.74, 6) is 1.27. The summed E-state index contributed by atoms with van der Waals surface area (Å²) in [6.07, 6.45) is 6.94. The van der Waals surface area contributed by atoms with Gasteiger partial charge in [0.15, 0.2) is 0 Å². The number of nitrogens with one attached hydrogen (secondary N) is 1. The number of carbonyl (C=O) groups is 1. The van der Waals surface area contributed by atoms with E-state index in [1.165, 1.54) is 30.4 Å². The number of nitrogens with zero attached hydrogens (tertiary/aromatic N) is 2. The van der Waals surface area contributed by atoms with Crippen LogP contribution in [0.4, 0.5) is 0 Å². The van der Waals surface area contributed by atoms with Crippen molar-refractivity contribution in [3.63, 3.8) is 0 Å². The van der Waals surface area contributed by atoms with Gasteiger partial charge < -0.3 is 4.74 Å². The van der Waals surface area contributed by atoms with Crippen LogP contribution in [0.3, 0.4) is 0 Å². The first kappa shape index (κ1) is 24.4. The standard InChI is InChI=1S/C30H33N3O2/c1-2-19-35-29-10-6-9-27(21-29)22-31-32-30(34)28-13-11-26(12-14-28)23-33-17-15-25(16-18-33)20-24-7-4-3-5-8-24/h2-14,21-22,25H,1,15-20,23H2,(H,32,34)/b31-22-. The smallest absolute Gasteiger partial charge is 0.271 e. The van der Waals surface area contributed by atoms with Gasteiger partial charge in [-0.3, -0.25) is 9.69 Å². The summed E-state index contributed by atoms with van der Waals surface area (Å²) in [6, 6.07) is 26.1. The minimum absolute atomic E-state index is 0.228. The van der Waals surface area contributed by atoms with Crippen molar-refractivity contribution in [3.8, 4) is 5.75 Å². The van der Waals surface area contributed by atoms with Crippen molar-refractivity contribution in [2.75, 3.05) is 19.7 Å². The fraction of sp³-hybridized carbons (Fsp3) is 0.267. The molecule has 5 nitrogen and oxygen atoms in total. The number of carbonyl (C=O) groups excluding carboxylic acids is 1. The van der Waals surface area contributed by atoms with Gasteiger partial charge in [0.1, 0.15) is 12.4 Å². The molecule has 3 aromatic carbocycles. The Labute approximate surface area is 208 Å². The highest BCUT2D eigenvalue weighted by atomic mass is 16.5. The number of hydrogen-bond acceptors (Lipinski definition) is 4. The molecular formula is C30H33N3O2. The summed E-state index contributed by atoms with van der Waals surface area (Å²) in [4.78, 5) is 15.0. The third-order valence-electron chi connectivity index (χ3n) is 6.30. The molecule has 0 radical (unpaired) electrons. The molecule has 0 unspecified atom stereocenters. The first-order valence-electron chi connectivity index (χ1n) is 12.2. The van der Waals surface area contributed by atoms with Crippen LogP contribution >= 0.6 is 0 Å². The summed E-state index contributed by atoms with van der Waals surface area (Å²) in [6.45, 7) is 7.25. The third-order valence-corrected chi connectivity index (χ3v) is 6.30. The van der Waals surface area contributed by atoms with Crippen LogP contribution < -0.4 is 10.2 Å². The number of hydrazone groups is 1. The number of hydrogen-bond donors (Lipinski definition) is 1. The normalized spacial score (nSPS) is 14.6. The Hall–Kier alpha value is -3.70. The Bertz CT molecular complexity index is 1120. The molecule has 0 aromatic heterocycles. The number of ether oxygens (including phenoxy) is 1. The second kappa shape index (κ2) is 12.7. The van der Waals surface area contributed by atoms with Crippen molar-refractivity contribution in [1.82, 2.24) is 10.3 Å². The van der Waals surface area contributed by atoms with E-state index in [4.69, 9.17) is 4.74 Å². The van der Waals surface area contributed by atoms with Crippen molar-refractivity contribution < 1.29 is 9.53 Å². The summed E-state index contributed by atoms with van der Waals surface area (Å²) in [7, 11) is 0. The van der Waals surface area contributed by atoms with E-state index in [9.17, 15) is 4.79 Å². The Kier molecular flexibility index (Phi) is 8.85. The van der Waals surface area contributed by atoms with Gasteiger partial charge in [0.25, 0.3) is 5.91 Å². The SMILES string of the molecule is C=CCOc1cccc(/C=N\NC(=O)c2ccc(CN3CCC(Cc4ccccc4)CC3)cc2)c1. The molecule has 0 aliphatic carbocycles. The molecule has 1 fully saturated rings. The molecule has 4 rings (SSSR count). The zero-order valence-electron chi connectivity index (χ0n) is 20.1. The molecule has 0 spiro atoms. The van der Waals surface area contributed by atoms with Gasteiger partial charge in [0, 0.05) is 12.1 Å². The molecule has 1 N–H and O–H groups in total. The highest BCUT2D eigenvalue weighted by Crippen LogP contribution is 2.23. The average Bonchev–Trinajstić information content (AvgIpc) is 2.90. The van der Waals surface area contributed by atoms with Crippen molar-refractivity contribution >= 4 is 12.1 Å². The molecule has 35 heavy (non-hydrogen) atoms. The number of rotatable bonds is 10. The molecule has 1 aliphatic rings. The van der Waals surface area contributed by atoms with E-state index in [0.717, 1.165) is 36.9 Å². The molecule has 1 saturated heterocycles. The van der Waals surface area contributed by atoms with Crippen molar-refractivity contribution in [1.29, 1.82) is 0 Å². The van der Waals surface area contributed by atoms with Gasteiger partial charge in [0.05, 0.1) is 6.21 Å². The van der Waals surface area contributed by atoms with E-state index in [2.05, 4.69) is 52.3 Å². The third kappa shape index (κ3) is 7.66. The highest BCUT2D eigenvalue weighted by Gasteiger charge is 2.19. The van der Waals surface area contributed by atoms with Gasteiger partial charge in [-0.15, -0.1) is 0 Å². The predicted molar refractivity (Wildman–Crippen MR) is 142 cm³/mol. The van der Waals surface area contributed by atoms with E-state index in [1.807, 2.05) is 48.5 Å². The average molecular weight is 468 g/mol. The molecule has 0 atom stereocenters. The molecule has 3 aromatic rings. The van der Waals surface area contributed by atoms with E-state index >= 15 is 0 Å². The molecule has 180 valence electrons. The van der Waals surface area contributed by atoms with Crippen molar-refractivity contribution in [3.05, 3.63) is 114 Å². The van der Waals surface area contributed by atoms with Gasteiger partial charge in [-0.05, 0) is 79.2 Å². The van der Waals surface area contributed by atoms with E-state index in [1.54, 1.807) is 12.3 Å². The number of amides is 1. The summed E-state index contributed by atoms with van der Waals surface area (Å²) in [5.41, 5.74) is 6.70. The number of benzene rings is 3. The van der Waals surface area contributed by atoms with E-state index in [0.29, 0.717) is 12.2 Å². The quantitative estimate of drug-likeness (QED) is 0.244. The Morgan fingerprint density at radius 1 is 1.00 bits per heavy atom. The largest absolute Gasteiger partial charge is 0.490 e. The van der Waals surface area contributed by atoms with Crippen LogP contribution in [0, 0.1) is 5.92 Å². The van der Waals surface area contributed by atoms with Crippen LogP contribution in [-0.2, 0) is 13.0 Å². The van der Waals surface area contributed by atoms with Gasteiger partial charge in [-0.2, -0.15) is 5.10 Å². The van der Waals surface area contributed by atoms with Crippen LogP contribution in [0.2, 0.25) is 0 Å². The van der Waals surface area contributed by atoms with Crippen LogP contribution in [-0.4, -0.2) is 36.7 Å². The zero-order valence-corrected chi connectivity index (χ0v) is 20.1. The molecular weight excluding hydrogens is 434 g/mol. The lowest BCUT2D eigenvalue weighted by Gasteiger charge is -2.32. The summed E-state index contributed by atoms with van der Waals surface area (Å²) in [5, 5.41) is 4.08. The Morgan fingerprint density at radius 3 is 2.51 bits per heavy atom. The molecule has 0 saturated carbocycles. The maximum absolute atomic E-state index is 12.5. The van der Waals surface area contributed by atoms with Gasteiger partial charge in [-0.25, -0.2) is 5.43 Å². The van der Waals surface area contributed by atoms with Crippen molar-refractivity contribution in [2.45, 2.75) is 25.8 Å². The van der Waals surface area contributed by atoms with Crippen LogP contribution in [0.15, 0.2) is 96.6 Å². The first-order valence-corrected chi connectivity index (χ1v) is 12.2. The Balaban J connectivity index is 1.22.